The molecule has 0 fully saturated rings. The van der Waals surface area contributed by atoms with Crippen LogP contribution >= 0.6 is 0 Å². The van der Waals surface area contributed by atoms with Gasteiger partial charge in [0.2, 0.25) is 0 Å². The molecule has 2 unspecified atom stereocenters. The van der Waals surface area contributed by atoms with E-state index in [1.807, 2.05) is 19.1 Å². The largest absolute Gasteiger partial charge is 0.492 e. The first kappa shape index (κ1) is 15.4. The number of aliphatic hydroxyl groups excluding tert-OH is 1. The number of hydrogen-bond donors (Lipinski definition) is 1. The lowest BCUT2D eigenvalue weighted by molar-refractivity contribution is 0.141. The van der Waals surface area contributed by atoms with Crippen molar-refractivity contribution in [3.05, 3.63) is 49.7 Å². The van der Waals surface area contributed by atoms with Gasteiger partial charge in [0, 0.05) is 11.3 Å². The van der Waals surface area contributed by atoms with E-state index in [1.165, 1.54) is 0 Å². The van der Waals surface area contributed by atoms with Gasteiger partial charge in [-0.3, -0.25) is 0 Å². The topological polar surface area (TPSA) is 76.7 Å². The average Bonchev–Trinajstić information content (AvgIpc) is 2.86. The molecule has 5 nitrogen and oxygen atoms in total. The van der Waals surface area contributed by atoms with E-state index in [4.69, 9.17) is 9.15 Å². The Balaban J connectivity index is 2.24. The van der Waals surface area contributed by atoms with Crippen LogP contribution in [-0.2, 0) is 5.41 Å². The van der Waals surface area contributed by atoms with Crippen LogP contribution in [0.1, 0.15) is 62.3 Å². The third kappa shape index (κ3) is 1.97. The quantitative estimate of drug-likeness (QED) is 0.804. The van der Waals surface area contributed by atoms with Crippen molar-refractivity contribution in [3.8, 4) is 5.75 Å². The van der Waals surface area contributed by atoms with Gasteiger partial charge in [-0.1, -0.05) is 32.9 Å². The van der Waals surface area contributed by atoms with E-state index in [2.05, 4.69) is 13.8 Å². The first-order chi connectivity index (χ1) is 11.3. The van der Waals surface area contributed by atoms with E-state index in [0.717, 1.165) is 12.0 Å². The van der Waals surface area contributed by atoms with Gasteiger partial charge < -0.3 is 14.3 Å². The highest BCUT2D eigenvalue weighted by Gasteiger charge is 2.36. The van der Waals surface area contributed by atoms with Crippen molar-refractivity contribution in [3.63, 3.8) is 0 Å². The average molecular weight is 328 g/mol. The van der Waals surface area contributed by atoms with Gasteiger partial charge in [-0.25, -0.2) is 9.59 Å². The lowest BCUT2D eigenvalue weighted by Gasteiger charge is -2.35. The highest BCUT2D eigenvalue weighted by atomic mass is 16.5. The first-order valence-corrected chi connectivity index (χ1v) is 8.30. The second kappa shape index (κ2) is 4.93. The SMILES string of the molecule is CC1COc2c1c(=O)oc(=O)c1c3c(ccc21)C(C)(C)CCC3O. The second-order valence-corrected chi connectivity index (χ2v) is 7.52. The molecule has 1 aromatic carbocycles. The number of benzene rings is 1. The molecule has 2 aliphatic rings. The van der Waals surface area contributed by atoms with Crippen molar-refractivity contribution in [1.29, 1.82) is 0 Å². The van der Waals surface area contributed by atoms with Gasteiger partial charge in [0.15, 0.2) is 0 Å². The van der Waals surface area contributed by atoms with Crippen molar-refractivity contribution < 1.29 is 14.3 Å². The molecular formula is C19H20O5. The zero-order valence-electron chi connectivity index (χ0n) is 14.0. The summed E-state index contributed by atoms with van der Waals surface area (Å²) in [5.41, 5.74) is 0.425. The van der Waals surface area contributed by atoms with Gasteiger partial charge >= 0.3 is 11.3 Å². The minimum Gasteiger partial charge on any atom is -0.492 e. The van der Waals surface area contributed by atoms with Gasteiger partial charge in [-0.05, 0) is 29.4 Å². The highest BCUT2D eigenvalue weighted by molar-refractivity contribution is 5.92. The van der Waals surface area contributed by atoms with Gasteiger partial charge in [0.05, 0.1) is 23.7 Å². The molecule has 2 heterocycles. The van der Waals surface area contributed by atoms with Crippen LogP contribution < -0.4 is 16.0 Å². The Hall–Kier alpha value is -2.14. The predicted octanol–water partition coefficient (Wildman–Crippen LogP) is 2.75. The number of ether oxygens (including phenoxy) is 1. The number of rotatable bonds is 0. The molecular weight excluding hydrogens is 308 g/mol. The molecule has 0 bridgehead atoms. The zero-order valence-corrected chi connectivity index (χ0v) is 14.0. The van der Waals surface area contributed by atoms with Crippen LogP contribution in [0.25, 0.3) is 10.8 Å². The standard InChI is InChI=1S/C19H20O5/c1-9-8-23-16-10-4-5-11-15(12(20)6-7-19(11,2)3)14(10)18(22)24-17(21)13(9)16/h4-5,9,12,20H,6-8H2,1-3H3. The van der Waals surface area contributed by atoms with Crippen LogP contribution in [0.2, 0.25) is 0 Å². The van der Waals surface area contributed by atoms with E-state index in [9.17, 15) is 14.7 Å². The normalized spacial score (nSPS) is 24.3. The number of hydrogen-bond acceptors (Lipinski definition) is 5. The minimum atomic E-state index is -0.744. The maximum absolute atomic E-state index is 12.6. The van der Waals surface area contributed by atoms with Crippen molar-refractivity contribution in [2.45, 2.75) is 51.0 Å². The summed E-state index contributed by atoms with van der Waals surface area (Å²) in [5.74, 6) is 0.301. The van der Waals surface area contributed by atoms with Gasteiger partial charge in [0.1, 0.15) is 5.75 Å². The third-order valence-corrected chi connectivity index (χ3v) is 5.42. The zero-order chi connectivity index (χ0) is 17.2. The van der Waals surface area contributed by atoms with E-state index in [-0.39, 0.29) is 16.7 Å². The molecule has 2 aromatic rings. The maximum atomic E-state index is 12.6. The fourth-order valence-corrected chi connectivity index (χ4v) is 4.04. The smallest absolute Gasteiger partial charge is 0.347 e. The van der Waals surface area contributed by atoms with Crippen LogP contribution in [0.3, 0.4) is 0 Å². The molecule has 1 aromatic heterocycles. The molecule has 2 atom stereocenters. The summed E-state index contributed by atoms with van der Waals surface area (Å²) in [5, 5.41) is 11.4. The summed E-state index contributed by atoms with van der Waals surface area (Å²) < 4.78 is 10.8. The monoisotopic (exact) mass is 328 g/mol. The Kier molecular flexibility index (Phi) is 3.16. The van der Waals surface area contributed by atoms with Crippen molar-refractivity contribution in [1.82, 2.24) is 0 Å². The molecule has 0 amide bonds. The molecule has 0 radical (unpaired) electrons. The van der Waals surface area contributed by atoms with Crippen molar-refractivity contribution in [2.24, 2.45) is 0 Å². The van der Waals surface area contributed by atoms with Crippen molar-refractivity contribution >= 4 is 10.8 Å². The number of fused-ring (bicyclic) bond motifs is 5. The Labute approximate surface area is 138 Å². The Bertz CT molecular complexity index is 970. The molecule has 0 saturated heterocycles. The summed E-state index contributed by atoms with van der Waals surface area (Å²) in [6, 6.07) is 3.76. The summed E-state index contributed by atoms with van der Waals surface area (Å²) in [4.78, 5) is 25.0. The molecule has 24 heavy (non-hydrogen) atoms. The molecule has 1 N–H and O–H groups in total. The van der Waals surface area contributed by atoms with E-state index < -0.39 is 17.4 Å². The Morgan fingerprint density at radius 1 is 1.17 bits per heavy atom. The molecule has 4 rings (SSSR count). The second-order valence-electron chi connectivity index (χ2n) is 7.52. The number of aliphatic hydroxyl groups is 1. The summed E-state index contributed by atoms with van der Waals surface area (Å²) >= 11 is 0. The fraction of sp³-hybridized carbons (Fsp3) is 0.474. The molecule has 1 aliphatic heterocycles. The molecule has 126 valence electrons. The van der Waals surface area contributed by atoms with E-state index in [0.29, 0.717) is 35.3 Å². The summed E-state index contributed by atoms with van der Waals surface area (Å²) in [7, 11) is 0. The molecule has 5 heteroatoms. The molecule has 1 aliphatic carbocycles. The van der Waals surface area contributed by atoms with Gasteiger partial charge in [-0.15, -0.1) is 0 Å². The van der Waals surface area contributed by atoms with Crippen LogP contribution in [0, 0.1) is 0 Å². The van der Waals surface area contributed by atoms with Gasteiger partial charge in [0.25, 0.3) is 0 Å². The summed E-state index contributed by atoms with van der Waals surface area (Å²) in [6.07, 6.45) is 0.655. The summed E-state index contributed by atoms with van der Waals surface area (Å²) in [6.45, 7) is 6.44. The first-order valence-electron chi connectivity index (χ1n) is 8.30. The maximum Gasteiger partial charge on any atom is 0.347 e. The lowest BCUT2D eigenvalue weighted by atomic mass is 9.70. The minimum absolute atomic E-state index is 0.122. The van der Waals surface area contributed by atoms with Gasteiger partial charge in [-0.2, -0.15) is 0 Å². The van der Waals surface area contributed by atoms with Crippen LogP contribution in [-0.4, -0.2) is 11.7 Å². The third-order valence-electron chi connectivity index (χ3n) is 5.42. The van der Waals surface area contributed by atoms with Crippen LogP contribution in [0.15, 0.2) is 26.1 Å². The fourth-order valence-electron chi connectivity index (χ4n) is 4.04. The Morgan fingerprint density at radius 2 is 1.92 bits per heavy atom. The highest BCUT2D eigenvalue weighted by Crippen LogP contribution is 2.46. The Morgan fingerprint density at radius 3 is 2.67 bits per heavy atom. The predicted molar refractivity (Wildman–Crippen MR) is 89.9 cm³/mol. The lowest BCUT2D eigenvalue weighted by Crippen LogP contribution is -2.27. The van der Waals surface area contributed by atoms with Crippen molar-refractivity contribution in [2.75, 3.05) is 6.61 Å². The van der Waals surface area contributed by atoms with Crippen LogP contribution in [0.5, 0.6) is 5.75 Å². The van der Waals surface area contributed by atoms with E-state index in [1.54, 1.807) is 0 Å². The molecule has 0 spiro atoms. The van der Waals surface area contributed by atoms with Crippen LogP contribution in [0.4, 0.5) is 0 Å². The van der Waals surface area contributed by atoms with E-state index >= 15 is 0 Å². The molecule has 0 saturated carbocycles.